The number of benzene rings is 3. The van der Waals surface area contributed by atoms with E-state index in [4.69, 9.17) is 21.1 Å². The molecule has 0 aliphatic carbocycles. The van der Waals surface area contributed by atoms with E-state index in [1.807, 2.05) is 47.4 Å². The molecule has 0 bridgehead atoms. The summed E-state index contributed by atoms with van der Waals surface area (Å²) in [7, 11) is -1.90. The fraction of sp³-hybridized carbons (Fsp3) is 0.241. The van der Waals surface area contributed by atoms with Crippen LogP contribution in [0.2, 0.25) is 5.02 Å². The standard InChI is InChI=1S/C29H29ClN4O5S/c1-38-26-12-5-9-23(17-26)20-39-28-27(19-31-34(29(28)35)25-11-6-10-24(30)18-25)32-13-15-33(16-14-32)40(36,37)21-22-7-3-2-4-8-22/h2-12,17-19H,13-16,20-21H2,1H3. The number of hydrogen-bond acceptors (Lipinski definition) is 7. The third-order valence-electron chi connectivity index (χ3n) is 6.65. The highest BCUT2D eigenvalue weighted by molar-refractivity contribution is 7.88. The van der Waals surface area contributed by atoms with Crippen LogP contribution in [0.5, 0.6) is 11.5 Å². The second-order valence-corrected chi connectivity index (χ2v) is 11.7. The van der Waals surface area contributed by atoms with Gasteiger partial charge < -0.3 is 14.4 Å². The van der Waals surface area contributed by atoms with Gasteiger partial charge in [0.2, 0.25) is 15.8 Å². The highest BCUT2D eigenvalue weighted by Crippen LogP contribution is 2.28. The fourth-order valence-electron chi connectivity index (χ4n) is 4.58. The van der Waals surface area contributed by atoms with Gasteiger partial charge in [-0.3, -0.25) is 4.79 Å². The lowest BCUT2D eigenvalue weighted by Gasteiger charge is -2.35. The molecule has 2 heterocycles. The third-order valence-corrected chi connectivity index (χ3v) is 8.73. The van der Waals surface area contributed by atoms with Crippen molar-refractivity contribution < 1.29 is 17.9 Å². The molecule has 0 saturated carbocycles. The lowest BCUT2D eigenvalue weighted by molar-refractivity contribution is 0.297. The largest absolute Gasteiger partial charge is 0.497 e. The number of aromatic nitrogens is 2. The SMILES string of the molecule is COc1cccc(COc2c(N3CCN(S(=O)(=O)Cc4ccccc4)CC3)cnn(-c3cccc(Cl)c3)c2=O)c1. The predicted octanol–water partition coefficient (Wildman–Crippen LogP) is 4.13. The number of anilines is 1. The van der Waals surface area contributed by atoms with Crippen molar-refractivity contribution in [1.82, 2.24) is 14.1 Å². The van der Waals surface area contributed by atoms with E-state index in [1.165, 1.54) is 8.99 Å². The van der Waals surface area contributed by atoms with E-state index in [9.17, 15) is 13.2 Å². The van der Waals surface area contributed by atoms with Crippen molar-refractivity contribution in [2.75, 3.05) is 38.2 Å². The summed E-state index contributed by atoms with van der Waals surface area (Å²) in [6.45, 7) is 1.45. The summed E-state index contributed by atoms with van der Waals surface area (Å²) >= 11 is 6.16. The van der Waals surface area contributed by atoms with Gasteiger partial charge in [0.05, 0.1) is 24.7 Å². The number of rotatable bonds is 9. The van der Waals surface area contributed by atoms with Gasteiger partial charge in [-0.05, 0) is 41.5 Å². The molecule has 208 valence electrons. The van der Waals surface area contributed by atoms with Crippen molar-refractivity contribution in [2.24, 2.45) is 0 Å². The van der Waals surface area contributed by atoms with Crippen molar-refractivity contribution in [3.05, 3.63) is 112 Å². The zero-order valence-corrected chi connectivity index (χ0v) is 23.5. The first-order valence-corrected chi connectivity index (χ1v) is 14.7. The molecule has 3 aromatic carbocycles. The first kappa shape index (κ1) is 27.7. The molecule has 0 unspecified atom stereocenters. The Bertz CT molecular complexity index is 1640. The highest BCUT2D eigenvalue weighted by Gasteiger charge is 2.29. The molecular formula is C29H29ClN4O5S. The molecule has 0 radical (unpaired) electrons. The van der Waals surface area contributed by atoms with Gasteiger partial charge in [0.25, 0.3) is 0 Å². The maximum atomic E-state index is 13.7. The fourth-order valence-corrected chi connectivity index (χ4v) is 6.28. The summed E-state index contributed by atoms with van der Waals surface area (Å²) in [6.07, 6.45) is 1.58. The lowest BCUT2D eigenvalue weighted by atomic mass is 10.2. The average Bonchev–Trinajstić information content (AvgIpc) is 2.97. The molecule has 9 nitrogen and oxygen atoms in total. The molecule has 4 aromatic rings. The molecule has 1 saturated heterocycles. The van der Waals surface area contributed by atoms with Crippen LogP contribution in [0.1, 0.15) is 11.1 Å². The van der Waals surface area contributed by atoms with Gasteiger partial charge in [-0.1, -0.05) is 60.1 Å². The Morgan fingerprint density at radius 3 is 2.35 bits per heavy atom. The van der Waals surface area contributed by atoms with Gasteiger partial charge in [-0.25, -0.2) is 8.42 Å². The van der Waals surface area contributed by atoms with Crippen LogP contribution in [0.25, 0.3) is 5.69 Å². The van der Waals surface area contributed by atoms with Crippen LogP contribution in [0.15, 0.2) is 89.9 Å². The van der Waals surface area contributed by atoms with Gasteiger partial charge in [0.15, 0.2) is 0 Å². The zero-order valence-electron chi connectivity index (χ0n) is 21.9. The number of sulfonamides is 1. The lowest BCUT2D eigenvalue weighted by Crippen LogP contribution is -2.49. The van der Waals surface area contributed by atoms with Crippen molar-refractivity contribution in [3.63, 3.8) is 0 Å². The molecule has 1 aromatic heterocycles. The van der Waals surface area contributed by atoms with Crippen molar-refractivity contribution in [1.29, 1.82) is 0 Å². The van der Waals surface area contributed by atoms with E-state index >= 15 is 0 Å². The summed E-state index contributed by atoms with van der Waals surface area (Å²) in [5.74, 6) is 0.749. The Kier molecular flexibility index (Phi) is 8.39. The maximum absolute atomic E-state index is 13.7. The molecule has 0 N–H and O–H groups in total. The van der Waals surface area contributed by atoms with Crippen molar-refractivity contribution in [2.45, 2.75) is 12.4 Å². The first-order valence-electron chi connectivity index (χ1n) is 12.7. The first-order chi connectivity index (χ1) is 19.3. The van der Waals surface area contributed by atoms with Crippen LogP contribution in [0, 0.1) is 0 Å². The molecule has 1 fully saturated rings. The van der Waals surface area contributed by atoms with Gasteiger partial charge >= 0.3 is 5.56 Å². The summed E-state index contributed by atoms with van der Waals surface area (Å²) in [6, 6.07) is 23.4. The normalized spacial score (nSPS) is 14.2. The molecule has 0 atom stereocenters. The number of hydrogen-bond donors (Lipinski definition) is 0. The highest BCUT2D eigenvalue weighted by atomic mass is 35.5. The molecule has 40 heavy (non-hydrogen) atoms. The van der Waals surface area contributed by atoms with E-state index in [0.29, 0.717) is 35.2 Å². The molecular weight excluding hydrogens is 552 g/mol. The van der Waals surface area contributed by atoms with Crippen LogP contribution in [-0.4, -0.2) is 55.8 Å². The predicted molar refractivity (Wildman–Crippen MR) is 155 cm³/mol. The molecule has 0 amide bonds. The van der Waals surface area contributed by atoms with E-state index in [-0.39, 0.29) is 31.2 Å². The molecule has 11 heteroatoms. The molecule has 1 aliphatic rings. The topological polar surface area (TPSA) is 94.0 Å². The van der Waals surface area contributed by atoms with E-state index in [1.54, 1.807) is 49.7 Å². The Labute approximate surface area is 238 Å². The summed E-state index contributed by atoms with van der Waals surface area (Å²) < 4.78 is 40.3. The zero-order chi connectivity index (χ0) is 28.1. The minimum atomic E-state index is -3.49. The van der Waals surface area contributed by atoms with E-state index < -0.39 is 15.6 Å². The quantitative estimate of drug-likeness (QED) is 0.294. The average molecular weight is 581 g/mol. The number of methoxy groups -OCH3 is 1. The van der Waals surface area contributed by atoms with Crippen LogP contribution in [0.4, 0.5) is 5.69 Å². The molecule has 1 aliphatic heterocycles. The second-order valence-electron chi connectivity index (χ2n) is 9.32. The van der Waals surface area contributed by atoms with Crippen LogP contribution in [-0.2, 0) is 22.4 Å². The monoisotopic (exact) mass is 580 g/mol. The van der Waals surface area contributed by atoms with E-state index in [0.717, 1.165) is 11.1 Å². The Morgan fingerprint density at radius 2 is 1.62 bits per heavy atom. The summed E-state index contributed by atoms with van der Waals surface area (Å²) in [5, 5.41) is 4.88. The number of halogens is 1. The third kappa shape index (κ3) is 6.30. The van der Waals surface area contributed by atoms with Gasteiger partial charge in [-0.2, -0.15) is 14.1 Å². The Morgan fingerprint density at radius 1 is 0.900 bits per heavy atom. The van der Waals surface area contributed by atoms with E-state index in [2.05, 4.69) is 5.10 Å². The second kappa shape index (κ2) is 12.1. The number of ether oxygens (including phenoxy) is 2. The molecule has 0 spiro atoms. The van der Waals surface area contributed by atoms with Crippen molar-refractivity contribution >= 4 is 27.3 Å². The smallest absolute Gasteiger partial charge is 0.316 e. The van der Waals surface area contributed by atoms with Gasteiger partial charge in [-0.15, -0.1) is 0 Å². The maximum Gasteiger partial charge on any atom is 0.316 e. The minimum Gasteiger partial charge on any atom is -0.497 e. The van der Waals surface area contributed by atoms with Crippen molar-refractivity contribution in [3.8, 4) is 17.2 Å². The number of piperazine rings is 1. The van der Waals surface area contributed by atoms with Crippen LogP contribution >= 0.6 is 11.6 Å². The summed E-state index contributed by atoms with van der Waals surface area (Å²) in [4.78, 5) is 15.6. The van der Waals surface area contributed by atoms with Crippen LogP contribution < -0.4 is 19.9 Å². The Hall–Kier alpha value is -3.86. The summed E-state index contributed by atoms with van der Waals surface area (Å²) in [5.41, 5.74) is 2.14. The van der Waals surface area contributed by atoms with Gasteiger partial charge in [0.1, 0.15) is 18.0 Å². The van der Waals surface area contributed by atoms with Gasteiger partial charge in [0, 0.05) is 31.2 Å². The van der Waals surface area contributed by atoms with Crippen LogP contribution in [0.3, 0.4) is 0 Å². The minimum absolute atomic E-state index is 0.0556. The Balaban J connectivity index is 1.40. The number of nitrogens with zero attached hydrogens (tertiary/aromatic N) is 4. The molecule has 5 rings (SSSR count).